The Labute approximate surface area is 184 Å². The lowest BCUT2D eigenvalue weighted by molar-refractivity contribution is 0.103. The lowest BCUT2D eigenvalue weighted by Crippen LogP contribution is -2.22. The average molecular weight is 522 g/mol. The molecule has 0 saturated carbocycles. The lowest BCUT2D eigenvalue weighted by Gasteiger charge is -2.24. The Morgan fingerprint density at radius 1 is 1.07 bits per heavy atom. The van der Waals surface area contributed by atoms with Crippen molar-refractivity contribution >= 4 is 51.5 Å². The van der Waals surface area contributed by atoms with E-state index in [1.54, 1.807) is 53.8 Å². The first kappa shape index (κ1) is 19.4. The zero-order chi connectivity index (χ0) is 19.6. The predicted octanol–water partition coefficient (Wildman–Crippen LogP) is 6.78. The van der Waals surface area contributed by atoms with E-state index in [2.05, 4.69) is 22.6 Å². The van der Waals surface area contributed by atoms with Crippen LogP contribution in [0.2, 0.25) is 0 Å². The second-order valence-electron chi connectivity index (χ2n) is 6.02. The van der Waals surface area contributed by atoms with Crippen LogP contribution >= 0.6 is 45.7 Å². The van der Waals surface area contributed by atoms with Crippen LogP contribution in [0.25, 0.3) is 0 Å². The van der Waals surface area contributed by atoms with Gasteiger partial charge in [-0.05, 0) is 88.3 Å². The number of halogens is 1. The number of thioether (sulfide) groups is 1. The molecule has 1 aliphatic heterocycles. The van der Waals surface area contributed by atoms with Crippen molar-refractivity contribution in [1.82, 2.24) is 0 Å². The number of benzene rings is 2. The molecule has 0 bridgehead atoms. The Morgan fingerprint density at radius 2 is 1.86 bits per heavy atom. The van der Waals surface area contributed by atoms with Crippen LogP contribution < -0.4 is 9.47 Å². The molecule has 3 aromatic rings. The van der Waals surface area contributed by atoms with Crippen LogP contribution in [-0.4, -0.2) is 13.8 Å². The number of ketones is 1. The van der Waals surface area contributed by atoms with Crippen LogP contribution in [0.3, 0.4) is 0 Å². The zero-order valence-corrected chi connectivity index (χ0v) is 18.3. The summed E-state index contributed by atoms with van der Waals surface area (Å²) in [5.74, 6) is 1.82. The largest absolute Gasteiger partial charge is 0.502 e. The van der Waals surface area contributed by atoms with E-state index in [0.717, 1.165) is 5.75 Å². The van der Waals surface area contributed by atoms with Crippen molar-refractivity contribution < 1.29 is 19.4 Å². The summed E-state index contributed by atoms with van der Waals surface area (Å²) in [6, 6.07) is 16.1. The molecule has 2 heterocycles. The average Bonchev–Trinajstić information content (AvgIpc) is 3.32. The molecule has 0 fully saturated rings. The standard InChI is InChI=1S/C21H15IO4S2/c22-21(11-9-19(23)28-21)26-18-4-2-1-3-17(18)20(24)14-5-7-15(8-6-14)25-16-10-12-27-13-16/h1-10,12-13,23H,11H2. The molecule has 0 spiro atoms. The molecule has 7 heteroatoms. The highest BCUT2D eigenvalue weighted by Crippen LogP contribution is 2.47. The minimum absolute atomic E-state index is 0.127. The molecule has 1 unspecified atom stereocenters. The first-order chi connectivity index (χ1) is 13.5. The van der Waals surface area contributed by atoms with E-state index in [1.807, 2.05) is 29.0 Å². The Balaban J connectivity index is 1.53. The third-order valence-electron chi connectivity index (χ3n) is 4.02. The summed E-state index contributed by atoms with van der Waals surface area (Å²) in [5, 5.41) is 13.8. The number of para-hydroxylation sites is 1. The van der Waals surface area contributed by atoms with Gasteiger partial charge in [0.2, 0.25) is 2.94 Å². The predicted molar refractivity (Wildman–Crippen MR) is 121 cm³/mol. The van der Waals surface area contributed by atoms with Crippen LogP contribution in [0.15, 0.2) is 76.5 Å². The number of alkyl halides is 1. The summed E-state index contributed by atoms with van der Waals surface area (Å²) in [6.45, 7) is 0. The quantitative estimate of drug-likeness (QED) is 0.220. The van der Waals surface area contributed by atoms with Gasteiger partial charge in [0, 0.05) is 17.4 Å². The molecule has 0 aliphatic carbocycles. The van der Waals surface area contributed by atoms with Gasteiger partial charge in [-0.3, -0.25) is 4.79 Å². The minimum atomic E-state index is -0.656. The van der Waals surface area contributed by atoms with Crippen LogP contribution in [0.5, 0.6) is 17.2 Å². The Morgan fingerprint density at radius 3 is 2.54 bits per heavy atom. The Kier molecular flexibility index (Phi) is 5.65. The van der Waals surface area contributed by atoms with Gasteiger partial charge in [-0.2, -0.15) is 0 Å². The SMILES string of the molecule is O=C(c1ccc(Oc2ccsc2)cc1)c1ccccc1OC1(I)CC=C(O)S1. The molecule has 0 radical (unpaired) electrons. The zero-order valence-electron chi connectivity index (χ0n) is 14.5. The molecular weight excluding hydrogens is 507 g/mol. The number of hydrogen-bond donors (Lipinski definition) is 1. The van der Waals surface area contributed by atoms with Gasteiger partial charge in [-0.25, -0.2) is 0 Å². The Hall–Kier alpha value is -1.97. The van der Waals surface area contributed by atoms with Crippen molar-refractivity contribution in [3.8, 4) is 17.2 Å². The minimum Gasteiger partial charge on any atom is -0.502 e. The van der Waals surface area contributed by atoms with E-state index in [0.29, 0.717) is 29.0 Å². The molecule has 1 atom stereocenters. The Bertz CT molecular complexity index is 1020. The van der Waals surface area contributed by atoms with Crippen LogP contribution in [0.1, 0.15) is 22.3 Å². The number of carbonyl (C=O) groups is 1. The van der Waals surface area contributed by atoms with E-state index >= 15 is 0 Å². The van der Waals surface area contributed by atoms with Crippen molar-refractivity contribution in [2.24, 2.45) is 0 Å². The second kappa shape index (κ2) is 8.18. The molecule has 28 heavy (non-hydrogen) atoms. The van der Waals surface area contributed by atoms with Gasteiger partial charge in [-0.1, -0.05) is 12.1 Å². The summed E-state index contributed by atoms with van der Waals surface area (Å²) in [5.41, 5.74) is 1.04. The van der Waals surface area contributed by atoms with Gasteiger partial charge in [0.15, 0.2) is 10.9 Å². The number of thiophene rings is 1. The number of aliphatic hydroxyl groups is 1. The summed E-state index contributed by atoms with van der Waals surface area (Å²) < 4.78 is 11.2. The highest BCUT2D eigenvalue weighted by Gasteiger charge is 2.36. The second-order valence-corrected chi connectivity index (χ2v) is 10.6. The lowest BCUT2D eigenvalue weighted by atomic mass is 10.0. The fraction of sp³-hybridized carbons (Fsp3) is 0.0952. The molecule has 1 N–H and O–H groups in total. The molecule has 4 rings (SSSR count). The summed E-state index contributed by atoms with van der Waals surface area (Å²) in [6.07, 6.45) is 2.27. The van der Waals surface area contributed by atoms with Crippen LogP contribution in [0.4, 0.5) is 0 Å². The molecule has 1 aromatic heterocycles. The molecule has 0 amide bonds. The molecule has 1 aliphatic rings. The number of rotatable bonds is 6. The normalized spacial score (nSPS) is 18.5. The molecule has 0 saturated heterocycles. The molecule has 4 nitrogen and oxygen atoms in total. The maximum atomic E-state index is 13.0. The van der Waals surface area contributed by atoms with E-state index in [9.17, 15) is 9.90 Å². The van der Waals surface area contributed by atoms with Gasteiger partial charge in [0.1, 0.15) is 17.2 Å². The maximum absolute atomic E-state index is 13.0. The summed E-state index contributed by atoms with van der Waals surface area (Å²) >= 11 is 4.95. The first-order valence-corrected chi connectivity index (χ1v) is 11.3. The van der Waals surface area contributed by atoms with Crippen molar-refractivity contribution in [2.45, 2.75) is 9.36 Å². The van der Waals surface area contributed by atoms with Crippen LogP contribution in [0, 0.1) is 0 Å². The summed E-state index contributed by atoms with van der Waals surface area (Å²) in [7, 11) is 0. The molecule has 142 valence electrons. The fourth-order valence-corrected chi connectivity index (χ4v) is 5.16. The van der Waals surface area contributed by atoms with Crippen molar-refractivity contribution in [3.63, 3.8) is 0 Å². The van der Waals surface area contributed by atoms with Gasteiger partial charge >= 0.3 is 0 Å². The van der Waals surface area contributed by atoms with E-state index < -0.39 is 2.94 Å². The van der Waals surface area contributed by atoms with Crippen molar-refractivity contribution in [2.75, 3.05) is 0 Å². The molecule has 2 aromatic carbocycles. The van der Waals surface area contributed by atoms with E-state index in [4.69, 9.17) is 9.47 Å². The van der Waals surface area contributed by atoms with Crippen molar-refractivity contribution in [3.05, 3.63) is 87.7 Å². The monoisotopic (exact) mass is 522 g/mol. The number of hydrogen-bond acceptors (Lipinski definition) is 6. The van der Waals surface area contributed by atoms with Gasteiger partial charge in [-0.15, -0.1) is 11.3 Å². The van der Waals surface area contributed by atoms with E-state index in [-0.39, 0.29) is 10.9 Å². The van der Waals surface area contributed by atoms with E-state index in [1.165, 1.54) is 11.8 Å². The third kappa shape index (κ3) is 4.37. The number of carbonyl (C=O) groups excluding carboxylic acids is 1. The van der Waals surface area contributed by atoms with Gasteiger partial charge < -0.3 is 14.6 Å². The fourth-order valence-electron chi connectivity index (χ4n) is 2.69. The smallest absolute Gasteiger partial charge is 0.215 e. The summed E-state index contributed by atoms with van der Waals surface area (Å²) in [4.78, 5) is 13.0. The number of ether oxygens (including phenoxy) is 2. The topological polar surface area (TPSA) is 55.8 Å². The maximum Gasteiger partial charge on any atom is 0.215 e. The van der Waals surface area contributed by atoms with Crippen molar-refractivity contribution in [1.29, 1.82) is 0 Å². The van der Waals surface area contributed by atoms with Gasteiger partial charge in [0.05, 0.1) is 5.56 Å². The highest BCUT2D eigenvalue weighted by molar-refractivity contribution is 14.1. The highest BCUT2D eigenvalue weighted by atomic mass is 127. The third-order valence-corrected chi connectivity index (χ3v) is 6.93. The van der Waals surface area contributed by atoms with Gasteiger partial charge in [0.25, 0.3) is 0 Å². The van der Waals surface area contributed by atoms with Crippen LogP contribution in [-0.2, 0) is 0 Å². The number of aliphatic hydroxyl groups excluding tert-OH is 1. The molecular formula is C21H15IO4S2. The first-order valence-electron chi connectivity index (χ1n) is 8.42.